The van der Waals surface area contributed by atoms with Gasteiger partial charge in [0.05, 0.1) is 49.7 Å². The summed E-state index contributed by atoms with van der Waals surface area (Å²) in [5.41, 5.74) is -1.85. The second-order valence-corrected chi connectivity index (χ2v) is 12.6. The third kappa shape index (κ3) is 9.92. The van der Waals surface area contributed by atoms with E-state index in [9.17, 15) is 39.5 Å². The van der Waals surface area contributed by atoms with Gasteiger partial charge in [-0.2, -0.15) is 0 Å². The summed E-state index contributed by atoms with van der Waals surface area (Å²) in [6.07, 6.45) is -0.575. The molecule has 4 rings (SSSR count). The number of nitrogens with one attached hydrogen (secondary N) is 1. The molecule has 47 heavy (non-hydrogen) atoms. The summed E-state index contributed by atoms with van der Waals surface area (Å²) >= 11 is 5.87. The van der Waals surface area contributed by atoms with Crippen LogP contribution in [0.15, 0.2) is 30.6 Å². The highest BCUT2D eigenvalue weighted by Crippen LogP contribution is 2.26. The number of aliphatic hydroxyl groups excluding tert-OH is 5. The first kappa shape index (κ1) is 36.7. The molecule has 260 valence electrons. The Morgan fingerprint density at radius 3 is 2.43 bits per heavy atom. The SMILES string of the molecule is O=C(Cc1ccc(OCCCC2CCN(c3ncc(Cl)cn3)CC2)cc1F)N1CCC(O)(C(=O)NCC(O)C(O)C(O)C(O)CO)C1. The van der Waals surface area contributed by atoms with Gasteiger partial charge in [0.1, 0.15) is 29.9 Å². The molecule has 0 bridgehead atoms. The Morgan fingerprint density at radius 1 is 1.09 bits per heavy atom. The van der Waals surface area contributed by atoms with Crippen molar-refractivity contribution in [2.75, 3.05) is 50.8 Å². The fraction of sp³-hybridized carbons (Fsp3) is 0.613. The number of hydrogen-bond acceptors (Lipinski definition) is 12. The van der Waals surface area contributed by atoms with Crippen molar-refractivity contribution in [3.8, 4) is 5.75 Å². The van der Waals surface area contributed by atoms with Crippen molar-refractivity contribution in [1.29, 1.82) is 0 Å². The van der Waals surface area contributed by atoms with Crippen molar-refractivity contribution >= 4 is 29.4 Å². The number of anilines is 1. The van der Waals surface area contributed by atoms with E-state index in [1.54, 1.807) is 18.5 Å². The summed E-state index contributed by atoms with van der Waals surface area (Å²) in [6, 6.07) is 4.30. The molecule has 1 aromatic carbocycles. The van der Waals surface area contributed by atoms with E-state index in [2.05, 4.69) is 20.2 Å². The number of benzene rings is 1. The van der Waals surface area contributed by atoms with Gasteiger partial charge in [0, 0.05) is 38.7 Å². The van der Waals surface area contributed by atoms with Crippen molar-refractivity contribution in [3.63, 3.8) is 0 Å². The molecule has 2 aliphatic rings. The lowest BCUT2D eigenvalue weighted by Gasteiger charge is -2.31. The average molecular weight is 684 g/mol. The lowest BCUT2D eigenvalue weighted by molar-refractivity contribution is -0.142. The van der Waals surface area contributed by atoms with Gasteiger partial charge in [0.2, 0.25) is 11.9 Å². The van der Waals surface area contributed by atoms with Gasteiger partial charge in [-0.3, -0.25) is 9.59 Å². The largest absolute Gasteiger partial charge is 0.493 e. The smallest absolute Gasteiger partial charge is 0.253 e. The third-order valence-electron chi connectivity index (χ3n) is 8.72. The first-order chi connectivity index (χ1) is 22.4. The monoisotopic (exact) mass is 683 g/mol. The molecule has 0 radical (unpaired) electrons. The number of aliphatic hydroxyl groups is 6. The molecular weight excluding hydrogens is 641 g/mol. The number of carbonyl (C=O) groups is 2. The standard InChI is InChI=1S/C31H43ClFN5O9/c32-21-14-35-30(36-15-21)37-8-5-19(6-9-37)2-1-11-47-22-4-3-20(23(33)13-22)12-26(42)38-10-7-31(46,18-38)29(45)34-16-24(40)27(43)28(44)25(41)17-39/h3-4,13-15,19,24-25,27-28,39-41,43-44,46H,1-2,5-12,16-18H2,(H,34,45). The van der Waals surface area contributed by atoms with Crippen molar-refractivity contribution in [2.24, 2.45) is 5.92 Å². The van der Waals surface area contributed by atoms with E-state index in [1.807, 2.05) is 0 Å². The second kappa shape index (κ2) is 16.8. The van der Waals surface area contributed by atoms with E-state index in [1.165, 1.54) is 17.0 Å². The molecule has 2 aliphatic heterocycles. The summed E-state index contributed by atoms with van der Waals surface area (Å²) in [7, 11) is 0. The Morgan fingerprint density at radius 2 is 1.77 bits per heavy atom. The van der Waals surface area contributed by atoms with E-state index >= 15 is 0 Å². The molecule has 5 unspecified atom stereocenters. The highest BCUT2D eigenvalue weighted by Gasteiger charge is 2.44. The predicted octanol–water partition coefficient (Wildman–Crippen LogP) is -0.597. The van der Waals surface area contributed by atoms with Crippen LogP contribution in [0.1, 0.15) is 37.7 Å². The highest BCUT2D eigenvalue weighted by molar-refractivity contribution is 6.30. The predicted molar refractivity (Wildman–Crippen MR) is 167 cm³/mol. The molecule has 2 amide bonds. The van der Waals surface area contributed by atoms with Gasteiger partial charge in [0.25, 0.3) is 5.91 Å². The van der Waals surface area contributed by atoms with Gasteiger partial charge in [0.15, 0.2) is 5.60 Å². The lowest BCUT2D eigenvalue weighted by Crippen LogP contribution is -2.54. The van der Waals surface area contributed by atoms with Crippen LogP contribution in [-0.4, -0.2) is 133 Å². The zero-order chi connectivity index (χ0) is 34.1. The van der Waals surface area contributed by atoms with Crippen LogP contribution in [0.2, 0.25) is 5.02 Å². The van der Waals surface area contributed by atoms with Crippen LogP contribution >= 0.6 is 11.6 Å². The van der Waals surface area contributed by atoms with E-state index in [0.717, 1.165) is 38.8 Å². The van der Waals surface area contributed by atoms with Crippen LogP contribution in [0.4, 0.5) is 10.3 Å². The zero-order valence-electron chi connectivity index (χ0n) is 25.9. The number of β-amino-alcohol motifs (C(OH)–C–C–N with tert-alkyl or cyclic N) is 1. The molecule has 7 N–H and O–H groups in total. The molecule has 2 aromatic rings. The minimum absolute atomic E-state index is 0.0338. The molecule has 0 aliphatic carbocycles. The van der Waals surface area contributed by atoms with Crippen LogP contribution in [0.3, 0.4) is 0 Å². The normalized spacial score (nSPS) is 21.3. The maximum absolute atomic E-state index is 14.9. The fourth-order valence-corrected chi connectivity index (χ4v) is 5.82. The minimum atomic E-state index is -1.98. The van der Waals surface area contributed by atoms with Crippen LogP contribution in [0, 0.1) is 11.7 Å². The molecule has 0 saturated carbocycles. The molecule has 1 aromatic heterocycles. The molecular formula is C31H43ClFN5O9. The zero-order valence-corrected chi connectivity index (χ0v) is 26.7. The molecule has 5 atom stereocenters. The number of amides is 2. The van der Waals surface area contributed by atoms with Gasteiger partial charge in [-0.1, -0.05) is 17.7 Å². The fourth-order valence-electron chi connectivity index (χ4n) is 5.73. The van der Waals surface area contributed by atoms with E-state index in [-0.39, 0.29) is 31.5 Å². The topological polar surface area (TPSA) is 209 Å². The molecule has 2 fully saturated rings. The van der Waals surface area contributed by atoms with Gasteiger partial charge in [-0.05, 0) is 43.2 Å². The Labute approximate surface area is 276 Å². The van der Waals surface area contributed by atoms with Crippen LogP contribution < -0.4 is 15.0 Å². The molecule has 2 saturated heterocycles. The number of halogens is 2. The number of aromatic nitrogens is 2. The summed E-state index contributed by atoms with van der Waals surface area (Å²) in [4.78, 5) is 37.4. The van der Waals surface area contributed by atoms with Gasteiger partial charge in [-0.15, -0.1) is 0 Å². The summed E-state index contributed by atoms with van der Waals surface area (Å²) in [6.45, 7) is 0.392. The number of rotatable bonds is 15. The Kier molecular flexibility index (Phi) is 13.1. The number of nitrogens with zero attached hydrogens (tertiary/aromatic N) is 4. The third-order valence-corrected chi connectivity index (χ3v) is 8.91. The number of ether oxygens (including phenoxy) is 1. The Hall–Kier alpha value is -3.18. The summed E-state index contributed by atoms with van der Waals surface area (Å²) in [5, 5.41) is 61.4. The van der Waals surface area contributed by atoms with E-state index in [0.29, 0.717) is 29.2 Å². The van der Waals surface area contributed by atoms with Crippen molar-refractivity contribution in [3.05, 3.63) is 47.0 Å². The average Bonchev–Trinajstić information content (AvgIpc) is 3.49. The van der Waals surface area contributed by atoms with Gasteiger partial charge in [-0.25, -0.2) is 14.4 Å². The highest BCUT2D eigenvalue weighted by atomic mass is 35.5. The van der Waals surface area contributed by atoms with Crippen LogP contribution in [-0.2, 0) is 16.0 Å². The molecule has 0 spiro atoms. The lowest BCUT2D eigenvalue weighted by atomic mass is 9.92. The van der Waals surface area contributed by atoms with Crippen molar-refractivity contribution < 1.29 is 49.4 Å². The van der Waals surface area contributed by atoms with Crippen molar-refractivity contribution in [1.82, 2.24) is 20.2 Å². The number of piperidine rings is 1. The first-order valence-electron chi connectivity index (χ1n) is 15.7. The summed E-state index contributed by atoms with van der Waals surface area (Å²) in [5.74, 6) is -0.436. The van der Waals surface area contributed by atoms with Gasteiger partial charge >= 0.3 is 0 Å². The second-order valence-electron chi connectivity index (χ2n) is 12.2. The Bertz CT molecular complexity index is 1340. The molecule has 14 nitrogen and oxygen atoms in total. The number of carbonyl (C=O) groups excluding carboxylic acids is 2. The summed E-state index contributed by atoms with van der Waals surface area (Å²) < 4.78 is 20.6. The van der Waals surface area contributed by atoms with E-state index < -0.39 is 60.8 Å². The van der Waals surface area contributed by atoms with Crippen LogP contribution in [0.25, 0.3) is 0 Å². The minimum Gasteiger partial charge on any atom is -0.493 e. The maximum Gasteiger partial charge on any atom is 0.253 e. The quantitative estimate of drug-likeness (QED) is 0.118. The first-order valence-corrected chi connectivity index (χ1v) is 16.0. The number of hydrogen-bond donors (Lipinski definition) is 7. The Balaban J connectivity index is 1.16. The number of likely N-dealkylation sites (tertiary alicyclic amines) is 1. The van der Waals surface area contributed by atoms with E-state index in [4.69, 9.17) is 21.4 Å². The van der Waals surface area contributed by atoms with Crippen molar-refractivity contribution in [2.45, 2.75) is 68.5 Å². The molecule has 16 heteroatoms. The van der Waals surface area contributed by atoms with Crippen LogP contribution in [0.5, 0.6) is 5.75 Å². The van der Waals surface area contributed by atoms with Gasteiger partial charge < -0.3 is 50.5 Å². The molecule has 3 heterocycles. The maximum atomic E-state index is 14.9.